The van der Waals surface area contributed by atoms with Gasteiger partial charge in [0.05, 0.1) is 11.5 Å². The third-order valence-electron chi connectivity index (χ3n) is 3.08. The molecule has 0 radical (unpaired) electrons. The summed E-state index contributed by atoms with van der Waals surface area (Å²) in [6.07, 6.45) is 2.95. The van der Waals surface area contributed by atoms with Gasteiger partial charge < -0.3 is 10.1 Å². The maximum absolute atomic E-state index is 12.2. The lowest BCUT2D eigenvalue weighted by molar-refractivity contribution is 0.335. The highest BCUT2D eigenvalue weighted by Crippen LogP contribution is 2.22. The van der Waals surface area contributed by atoms with E-state index in [2.05, 4.69) is 17.0 Å². The molecule has 0 aliphatic rings. The Morgan fingerprint density at radius 3 is 2.57 bits per heavy atom. The van der Waals surface area contributed by atoms with Crippen molar-refractivity contribution in [3.8, 4) is 5.75 Å². The maximum Gasteiger partial charge on any atom is 0.240 e. The van der Waals surface area contributed by atoms with Crippen LogP contribution >= 0.6 is 0 Å². The zero-order valence-electron chi connectivity index (χ0n) is 13.1. The molecule has 21 heavy (non-hydrogen) atoms. The summed E-state index contributed by atoms with van der Waals surface area (Å²) in [7, 11) is -1.63. The van der Waals surface area contributed by atoms with Crippen molar-refractivity contribution in [3.63, 3.8) is 0 Å². The second kappa shape index (κ2) is 9.02. The first-order valence-corrected chi connectivity index (χ1v) is 8.93. The molecular weight excluding hydrogens is 288 g/mol. The van der Waals surface area contributed by atoms with E-state index in [1.165, 1.54) is 0 Å². The average Bonchev–Trinajstić information content (AvgIpc) is 2.46. The quantitative estimate of drug-likeness (QED) is 0.650. The Hall–Kier alpha value is -1.11. The van der Waals surface area contributed by atoms with Gasteiger partial charge in [0.25, 0.3) is 0 Å². The highest BCUT2D eigenvalue weighted by molar-refractivity contribution is 7.89. The van der Waals surface area contributed by atoms with Gasteiger partial charge in [0.2, 0.25) is 10.0 Å². The third kappa shape index (κ3) is 5.65. The number of rotatable bonds is 10. The van der Waals surface area contributed by atoms with E-state index in [4.69, 9.17) is 4.74 Å². The fraction of sp³-hybridized carbons (Fsp3) is 0.600. The second-order valence-electron chi connectivity index (χ2n) is 4.84. The van der Waals surface area contributed by atoms with Crippen LogP contribution in [0.2, 0.25) is 0 Å². The van der Waals surface area contributed by atoms with Gasteiger partial charge >= 0.3 is 0 Å². The molecule has 1 aromatic rings. The first-order chi connectivity index (χ1) is 10.0. The van der Waals surface area contributed by atoms with Crippen molar-refractivity contribution in [1.82, 2.24) is 10.0 Å². The lowest BCUT2D eigenvalue weighted by atomic mass is 10.2. The summed E-state index contributed by atoms with van der Waals surface area (Å²) < 4.78 is 32.7. The van der Waals surface area contributed by atoms with Crippen LogP contribution in [0.3, 0.4) is 0 Å². The minimum absolute atomic E-state index is 0.285. The van der Waals surface area contributed by atoms with Crippen LogP contribution in [0.4, 0.5) is 0 Å². The van der Waals surface area contributed by atoms with Crippen molar-refractivity contribution < 1.29 is 13.2 Å². The number of hydrogen-bond acceptors (Lipinski definition) is 4. The van der Waals surface area contributed by atoms with E-state index in [1.54, 1.807) is 18.2 Å². The van der Waals surface area contributed by atoms with Crippen LogP contribution in [-0.2, 0) is 16.6 Å². The molecule has 0 unspecified atom stereocenters. The zero-order valence-corrected chi connectivity index (χ0v) is 13.9. The molecule has 0 aliphatic heterocycles. The fourth-order valence-electron chi connectivity index (χ4n) is 2.01. The van der Waals surface area contributed by atoms with Crippen molar-refractivity contribution in [2.75, 3.05) is 20.2 Å². The summed E-state index contributed by atoms with van der Waals surface area (Å²) in [6, 6.07) is 4.98. The van der Waals surface area contributed by atoms with Gasteiger partial charge in [0.15, 0.2) is 0 Å². The molecule has 5 nitrogen and oxygen atoms in total. The Morgan fingerprint density at radius 2 is 1.95 bits per heavy atom. The lowest BCUT2D eigenvalue weighted by Crippen LogP contribution is -2.25. The SMILES string of the molecule is CCCCCNS(=O)(=O)c1ccc(OCC)c(CNC)c1. The van der Waals surface area contributed by atoms with Gasteiger partial charge in [0, 0.05) is 18.7 Å². The van der Waals surface area contributed by atoms with Gasteiger partial charge in [-0.2, -0.15) is 0 Å². The van der Waals surface area contributed by atoms with E-state index >= 15 is 0 Å². The summed E-state index contributed by atoms with van der Waals surface area (Å²) in [5.41, 5.74) is 0.843. The van der Waals surface area contributed by atoms with Gasteiger partial charge in [-0.25, -0.2) is 13.1 Å². The van der Waals surface area contributed by atoms with E-state index in [1.807, 2.05) is 14.0 Å². The van der Waals surface area contributed by atoms with Gasteiger partial charge in [-0.05, 0) is 38.6 Å². The maximum atomic E-state index is 12.2. The molecule has 0 heterocycles. The molecule has 0 spiro atoms. The second-order valence-corrected chi connectivity index (χ2v) is 6.60. The van der Waals surface area contributed by atoms with Crippen LogP contribution < -0.4 is 14.8 Å². The number of nitrogens with one attached hydrogen (secondary N) is 2. The topological polar surface area (TPSA) is 67.4 Å². The summed E-state index contributed by atoms with van der Waals surface area (Å²) in [5, 5.41) is 3.03. The van der Waals surface area contributed by atoms with Gasteiger partial charge in [0.1, 0.15) is 5.75 Å². The summed E-state index contributed by atoms with van der Waals surface area (Å²) >= 11 is 0. The van der Waals surface area contributed by atoms with E-state index in [9.17, 15) is 8.42 Å². The summed E-state index contributed by atoms with van der Waals surface area (Å²) in [5.74, 6) is 0.719. The van der Waals surface area contributed by atoms with Gasteiger partial charge in [-0.15, -0.1) is 0 Å². The van der Waals surface area contributed by atoms with Crippen molar-refractivity contribution >= 4 is 10.0 Å². The Balaban J connectivity index is 2.88. The van der Waals surface area contributed by atoms with Crippen LogP contribution in [0.15, 0.2) is 23.1 Å². The first-order valence-electron chi connectivity index (χ1n) is 7.45. The van der Waals surface area contributed by atoms with E-state index in [0.29, 0.717) is 19.7 Å². The molecule has 2 N–H and O–H groups in total. The normalized spacial score (nSPS) is 11.6. The molecule has 0 aliphatic carbocycles. The van der Waals surface area contributed by atoms with E-state index < -0.39 is 10.0 Å². The highest BCUT2D eigenvalue weighted by Gasteiger charge is 2.15. The smallest absolute Gasteiger partial charge is 0.240 e. The lowest BCUT2D eigenvalue weighted by Gasteiger charge is -2.13. The molecular formula is C15H26N2O3S. The average molecular weight is 314 g/mol. The molecule has 120 valence electrons. The minimum Gasteiger partial charge on any atom is -0.494 e. The molecule has 0 saturated carbocycles. The number of benzene rings is 1. The van der Waals surface area contributed by atoms with Crippen LogP contribution in [0.5, 0.6) is 5.75 Å². The Morgan fingerprint density at radius 1 is 1.19 bits per heavy atom. The Kier molecular flexibility index (Phi) is 7.71. The largest absolute Gasteiger partial charge is 0.494 e. The number of unbranched alkanes of at least 4 members (excludes halogenated alkanes) is 2. The van der Waals surface area contributed by atoms with Crippen molar-refractivity contribution in [2.24, 2.45) is 0 Å². The zero-order chi connectivity index (χ0) is 15.7. The highest BCUT2D eigenvalue weighted by atomic mass is 32.2. The summed E-state index contributed by atoms with van der Waals surface area (Å²) in [6.45, 7) is 5.59. The van der Waals surface area contributed by atoms with Gasteiger partial charge in [-0.1, -0.05) is 19.8 Å². The predicted molar refractivity (Wildman–Crippen MR) is 85.1 cm³/mol. The van der Waals surface area contributed by atoms with Crippen molar-refractivity contribution in [2.45, 2.75) is 44.6 Å². The molecule has 0 saturated heterocycles. The standard InChI is InChI=1S/C15H26N2O3S/c1-4-6-7-10-17-21(18,19)14-8-9-15(20-5-2)13(11-14)12-16-3/h8-9,11,16-17H,4-7,10,12H2,1-3H3. The number of sulfonamides is 1. The molecule has 0 amide bonds. The Bertz CT molecular complexity index is 530. The first kappa shape index (κ1) is 17.9. The number of hydrogen-bond donors (Lipinski definition) is 2. The van der Waals surface area contributed by atoms with Crippen LogP contribution in [0.1, 0.15) is 38.7 Å². The fourth-order valence-corrected chi connectivity index (χ4v) is 3.14. The minimum atomic E-state index is -3.45. The van der Waals surface area contributed by atoms with Crippen molar-refractivity contribution in [1.29, 1.82) is 0 Å². The van der Waals surface area contributed by atoms with Gasteiger partial charge in [-0.3, -0.25) is 0 Å². The van der Waals surface area contributed by atoms with E-state index in [-0.39, 0.29) is 4.90 Å². The number of ether oxygens (including phenoxy) is 1. The molecule has 6 heteroatoms. The van der Waals surface area contributed by atoms with E-state index in [0.717, 1.165) is 30.6 Å². The summed E-state index contributed by atoms with van der Waals surface area (Å²) in [4.78, 5) is 0.285. The molecule has 1 aromatic carbocycles. The molecule has 0 fully saturated rings. The molecule has 0 atom stereocenters. The third-order valence-corrected chi connectivity index (χ3v) is 4.54. The molecule has 0 aromatic heterocycles. The van der Waals surface area contributed by atoms with Crippen LogP contribution in [0, 0.1) is 0 Å². The van der Waals surface area contributed by atoms with Crippen LogP contribution in [0.25, 0.3) is 0 Å². The predicted octanol–water partition coefficient (Wildman–Crippen LogP) is 2.27. The van der Waals surface area contributed by atoms with Crippen molar-refractivity contribution in [3.05, 3.63) is 23.8 Å². The Labute approximate surface area is 128 Å². The monoisotopic (exact) mass is 314 g/mol. The molecule has 0 bridgehead atoms. The van der Waals surface area contributed by atoms with Crippen LogP contribution in [-0.4, -0.2) is 28.6 Å². The molecule has 1 rings (SSSR count).